The monoisotopic (exact) mass is 544 g/mol. The van der Waals surface area contributed by atoms with Gasteiger partial charge in [0.05, 0.1) is 12.1 Å². The summed E-state index contributed by atoms with van der Waals surface area (Å²) in [6.07, 6.45) is 2.51. The number of rotatable bonds is 8. The van der Waals surface area contributed by atoms with Gasteiger partial charge in [-0.2, -0.15) is 0 Å². The standard InChI is InChI=1S/C30H25ClN2O4S/c1-18(34)22-14-23(16-32-15-22)19-4-10-25(11-5-19)33-28(21-6-12-26(35)13-7-21)29(30(33)37)38-17-27(36)20-2-8-24(31)9-3-20/h2-16,27-29,35-36H,17H2,1H3/t27-,28+,29+/m0/s1. The van der Waals surface area contributed by atoms with Crippen molar-refractivity contribution in [2.24, 2.45) is 0 Å². The summed E-state index contributed by atoms with van der Waals surface area (Å²) in [5, 5.41) is 20.7. The Morgan fingerprint density at radius 3 is 2.34 bits per heavy atom. The van der Waals surface area contributed by atoms with Gasteiger partial charge in [0.15, 0.2) is 5.78 Å². The maximum absolute atomic E-state index is 13.4. The number of hydrogen-bond acceptors (Lipinski definition) is 6. The molecule has 0 aliphatic carbocycles. The van der Waals surface area contributed by atoms with E-state index in [2.05, 4.69) is 4.98 Å². The molecular weight excluding hydrogens is 520 g/mol. The summed E-state index contributed by atoms with van der Waals surface area (Å²) in [6, 6.07) is 23.0. The second kappa shape index (κ2) is 11.0. The van der Waals surface area contributed by atoms with E-state index < -0.39 is 11.4 Å². The van der Waals surface area contributed by atoms with Crippen LogP contribution in [0.3, 0.4) is 0 Å². The first-order valence-corrected chi connectivity index (χ1v) is 13.5. The first-order valence-electron chi connectivity index (χ1n) is 12.1. The lowest BCUT2D eigenvalue weighted by molar-refractivity contribution is -0.123. The molecule has 0 saturated carbocycles. The third-order valence-electron chi connectivity index (χ3n) is 6.59. The van der Waals surface area contributed by atoms with E-state index in [4.69, 9.17) is 11.6 Å². The number of aromatic nitrogens is 1. The minimum absolute atomic E-state index is 0.0515. The van der Waals surface area contributed by atoms with Gasteiger partial charge in [-0.1, -0.05) is 48.0 Å². The number of nitrogens with zero attached hydrogens (tertiary/aromatic N) is 2. The van der Waals surface area contributed by atoms with E-state index in [0.717, 1.165) is 27.9 Å². The minimum Gasteiger partial charge on any atom is -0.508 e. The van der Waals surface area contributed by atoms with Crippen LogP contribution in [0, 0.1) is 0 Å². The predicted octanol–water partition coefficient (Wildman–Crippen LogP) is 6.23. The largest absolute Gasteiger partial charge is 0.508 e. The normalized spacial score (nSPS) is 17.7. The topological polar surface area (TPSA) is 90.7 Å². The van der Waals surface area contributed by atoms with Crippen molar-refractivity contribution in [3.63, 3.8) is 0 Å². The van der Waals surface area contributed by atoms with Gasteiger partial charge in [-0.15, -0.1) is 11.8 Å². The molecule has 3 aromatic carbocycles. The lowest BCUT2D eigenvalue weighted by atomic mass is 9.92. The maximum Gasteiger partial charge on any atom is 0.243 e. The van der Waals surface area contributed by atoms with E-state index in [1.807, 2.05) is 36.4 Å². The summed E-state index contributed by atoms with van der Waals surface area (Å²) in [5.74, 6) is 0.394. The molecule has 3 atom stereocenters. The van der Waals surface area contributed by atoms with Crippen molar-refractivity contribution in [3.05, 3.63) is 113 Å². The van der Waals surface area contributed by atoms with Crippen molar-refractivity contribution in [3.8, 4) is 16.9 Å². The number of carbonyl (C=O) groups is 2. The summed E-state index contributed by atoms with van der Waals surface area (Å²) in [4.78, 5) is 31.1. The highest BCUT2D eigenvalue weighted by Gasteiger charge is 2.49. The number of halogens is 1. The number of aliphatic hydroxyl groups is 1. The summed E-state index contributed by atoms with van der Waals surface area (Å²) in [5.41, 5.74) is 4.61. The van der Waals surface area contributed by atoms with E-state index in [1.54, 1.807) is 59.8 Å². The molecule has 1 aromatic heterocycles. The number of hydrogen-bond donors (Lipinski definition) is 2. The smallest absolute Gasteiger partial charge is 0.243 e. The van der Waals surface area contributed by atoms with Crippen LogP contribution >= 0.6 is 23.4 Å². The summed E-state index contributed by atoms with van der Waals surface area (Å²) in [6.45, 7) is 1.51. The molecule has 8 heteroatoms. The van der Waals surface area contributed by atoms with Gasteiger partial charge in [0.1, 0.15) is 11.0 Å². The quantitative estimate of drug-likeness (QED) is 0.202. The Kier molecular flexibility index (Phi) is 7.51. The van der Waals surface area contributed by atoms with Crippen molar-refractivity contribution in [1.82, 2.24) is 4.98 Å². The fourth-order valence-electron chi connectivity index (χ4n) is 4.49. The third kappa shape index (κ3) is 5.31. The van der Waals surface area contributed by atoms with Crippen LogP contribution < -0.4 is 4.90 Å². The van der Waals surface area contributed by atoms with Crippen LogP contribution in [0.5, 0.6) is 5.75 Å². The van der Waals surface area contributed by atoms with Gasteiger partial charge in [0.25, 0.3) is 0 Å². The van der Waals surface area contributed by atoms with Crippen molar-refractivity contribution in [2.75, 3.05) is 10.7 Å². The predicted molar refractivity (Wildman–Crippen MR) is 151 cm³/mol. The van der Waals surface area contributed by atoms with Crippen LogP contribution in [0.2, 0.25) is 5.02 Å². The third-order valence-corrected chi connectivity index (χ3v) is 8.17. The molecule has 1 fully saturated rings. The molecular formula is C30H25ClN2O4S. The van der Waals surface area contributed by atoms with Crippen LogP contribution in [0.15, 0.2) is 91.3 Å². The molecule has 192 valence electrons. The van der Waals surface area contributed by atoms with Crippen LogP contribution in [0.25, 0.3) is 11.1 Å². The lowest BCUT2D eigenvalue weighted by Crippen LogP contribution is -2.57. The van der Waals surface area contributed by atoms with Crippen LogP contribution in [-0.4, -0.2) is 37.9 Å². The first kappa shape index (κ1) is 26.0. The summed E-state index contributed by atoms with van der Waals surface area (Å²) in [7, 11) is 0. The molecule has 1 saturated heterocycles. The van der Waals surface area contributed by atoms with Gasteiger partial charge in [-0.25, -0.2) is 0 Å². The number of aromatic hydroxyl groups is 1. The molecule has 0 unspecified atom stereocenters. The maximum atomic E-state index is 13.4. The number of anilines is 1. The Balaban J connectivity index is 1.38. The van der Waals surface area contributed by atoms with Crippen molar-refractivity contribution in [1.29, 1.82) is 0 Å². The Morgan fingerprint density at radius 2 is 1.68 bits per heavy atom. The molecule has 4 aromatic rings. The molecule has 2 heterocycles. The van der Waals surface area contributed by atoms with Crippen molar-refractivity contribution in [2.45, 2.75) is 24.3 Å². The number of aliphatic hydroxyl groups excluding tert-OH is 1. The molecule has 0 bridgehead atoms. The Hall–Kier alpha value is -3.65. The Morgan fingerprint density at radius 1 is 1.00 bits per heavy atom. The van der Waals surface area contributed by atoms with Gasteiger partial charge >= 0.3 is 0 Å². The first-order chi connectivity index (χ1) is 18.3. The molecule has 38 heavy (non-hydrogen) atoms. The van der Waals surface area contributed by atoms with Gasteiger partial charge in [0, 0.05) is 40.0 Å². The van der Waals surface area contributed by atoms with E-state index >= 15 is 0 Å². The second-order valence-electron chi connectivity index (χ2n) is 9.13. The summed E-state index contributed by atoms with van der Waals surface area (Å²) >= 11 is 7.37. The highest BCUT2D eigenvalue weighted by atomic mass is 35.5. The lowest BCUT2D eigenvalue weighted by Gasteiger charge is -2.47. The zero-order valence-corrected chi connectivity index (χ0v) is 22.1. The number of phenolic OH excluding ortho intramolecular Hbond substituents is 1. The number of amides is 1. The Labute approximate surface area is 229 Å². The average molecular weight is 545 g/mol. The number of ketones is 1. The minimum atomic E-state index is -0.738. The van der Waals surface area contributed by atoms with Gasteiger partial charge in [0.2, 0.25) is 5.91 Å². The SMILES string of the molecule is CC(=O)c1cncc(-c2ccc(N3C(=O)[C@H](SC[C@H](O)c4ccc(Cl)cc4)[C@H]3c3ccc(O)cc3)cc2)c1. The second-order valence-corrected chi connectivity index (χ2v) is 10.7. The number of pyridine rings is 1. The summed E-state index contributed by atoms with van der Waals surface area (Å²) < 4.78 is 0. The van der Waals surface area contributed by atoms with E-state index in [-0.39, 0.29) is 23.5 Å². The molecule has 0 spiro atoms. The van der Waals surface area contributed by atoms with Crippen molar-refractivity contribution >= 4 is 40.7 Å². The highest BCUT2D eigenvalue weighted by Crippen LogP contribution is 2.46. The van der Waals surface area contributed by atoms with E-state index in [1.165, 1.54) is 18.7 Å². The molecule has 1 aliphatic heterocycles. The van der Waals surface area contributed by atoms with Crippen LogP contribution in [0.4, 0.5) is 5.69 Å². The number of thioether (sulfide) groups is 1. The number of carbonyl (C=O) groups excluding carboxylic acids is 2. The zero-order valence-electron chi connectivity index (χ0n) is 20.5. The number of phenols is 1. The number of β-lactam (4-membered cyclic amide) rings is 1. The molecule has 0 radical (unpaired) electrons. The zero-order chi connectivity index (χ0) is 26.8. The number of benzene rings is 3. The molecule has 1 aliphatic rings. The Bertz CT molecular complexity index is 1460. The van der Waals surface area contributed by atoms with Crippen molar-refractivity contribution < 1.29 is 19.8 Å². The molecule has 6 nitrogen and oxygen atoms in total. The van der Waals surface area contributed by atoms with Gasteiger partial charge < -0.3 is 15.1 Å². The number of Topliss-reactive ketones (excluding diaryl/α,β-unsaturated/α-hetero) is 1. The van der Waals surface area contributed by atoms with Gasteiger partial charge in [-0.05, 0) is 66.1 Å². The van der Waals surface area contributed by atoms with Crippen LogP contribution in [-0.2, 0) is 4.79 Å². The fraction of sp³-hybridized carbons (Fsp3) is 0.167. The van der Waals surface area contributed by atoms with E-state index in [0.29, 0.717) is 16.3 Å². The molecule has 1 amide bonds. The molecule has 5 rings (SSSR count). The average Bonchev–Trinajstić information content (AvgIpc) is 2.93. The van der Waals surface area contributed by atoms with Crippen LogP contribution in [0.1, 0.15) is 40.6 Å². The molecule has 2 N–H and O–H groups in total. The highest BCUT2D eigenvalue weighted by molar-refractivity contribution is 8.00. The van der Waals surface area contributed by atoms with E-state index in [9.17, 15) is 19.8 Å². The fourth-order valence-corrected chi connectivity index (χ4v) is 5.91. The van der Waals surface area contributed by atoms with Gasteiger partial charge in [-0.3, -0.25) is 14.6 Å².